The van der Waals surface area contributed by atoms with Gasteiger partial charge >= 0.3 is 0 Å². The lowest BCUT2D eigenvalue weighted by atomic mass is 10.1. The second kappa shape index (κ2) is 5.25. The molecule has 2 aliphatic carbocycles. The molecule has 1 aromatic heterocycles. The molecule has 1 heterocycles. The fourth-order valence-corrected chi connectivity index (χ4v) is 4.69. The molecule has 18 heavy (non-hydrogen) atoms. The van der Waals surface area contributed by atoms with Gasteiger partial charge < -0.3 is 5.32 Å². The van der Waals surface area contributed by atoms with Crippen LogP contribution < -0.4 is 5.32 Å². The lowest BCUT2D eigenvalue weighted by Gasteiger charge is -2.12. The van der Waals surface area contributed by atoms with Gasteiger partial charge in [-0.25, -0.2) is 0 Å². The summed E-state index contributed by atoms with van der Waals surface area (Å²) in [5.74, 6) is 2.68. The summed E-state index contributed by atoms with van der Waals surface area (Å²) >= 11 is 1.86. The Labute approximate surface area is 113 Å². The minimum absolute atomic E-state index is 0.412. The molecule has 3 rings (SSSR count). The summed E-state index contributed by atoms with van der Waals surface area (Å²) in [6.45, 7) is 5.50. The van der Waals surface area contributed by atoms with Gasteiger partial charge in [0.2, 0.25) is 0 Å². The van der Waals surface area contributed by atoms with Crippen LogP contribution in [0.1, 0.15) is 67.9 Å². The monoisotopic (exact) mass is 265 g/mol. The summed E-state index contributed by atoms with van der Waals surface area (Å²) in [5, 5.41) is 15.0. The minimum atomic E-state index is 0.412. The molecule has 0 amide bonds. The fourth-order valence-electron chi connectivity index (χ4n) is 3.43. The van der Waals surface area contributed by atoms with E-state index in [4.69, 9.17) is 0 Å². The summed E-state index contributed by atoms with van der Waals surface area (Å²) in [6, 6.07) is 0.412. The first-order valence-electron chi connectivity index (χ1n) is 7.41. The molecular weight excluding hydrogens is 242 g/mol. The van der Waals surface area contributed by atoms with E-state index in [0.29, 0.717) is 6.04 Å². The Hall–Kier alpha value is -0.480. The molecule has 1 aromatic rings. The Morgan fingerprint density at radius 2 is 2.06 bits per heavy atom. The van der Waals surface area contributed by atoms with E-state index in [0.717, 1.165) is 30.7 Å². The molecule has 0 aromatic carbocycles. The molecule has 100 valence electrons. The molecule has 2 aliphatic rings. The van der Waals surface area contributed by atoms with Crippen molar-refractivity contribution >= 4 is 11.3 Å². The van der Waals surface area contributed by atoms with Gasteiger partial charge in [0, 0.05) is 5.92 Å². The van der Waals surface area contributed by atoms with E-state index in [2.05, 4.69) is 29.4 Å². The van der Waals surface area contributed by atoms with E-state index in [-0.39, 0.29) is 0 Å². The topological polar surface area (TPSA) is 37.8 Å². The van der Waals surface area contributed by atoms with Gasteiger partial charge in [0.15, 0.2) is 0 Å². The molecule has 3 atom stereocenters. The average Bonchev–Trinajstić information content (AvgIpc) is 2.81. The van der Waals surface area contributed by atoms with Crippen molar-refractivity contribution in [1.82, 2.24) is 15.5 Å². The number of nitrogens with one attached hydrogen (secondary N) is 1. The summed E-state index contributed by atoms with van der Waals surface area (Å²) in [6.07, 6.45) is 6.57. The standard InChI is InChI=1S/C14H23N3S/c1-3-8-15-11(4-2)13-16-17-14(18-13)12-9-6-5-7-10(9)12/h9-12,15H,3-8H2,1-2H3. The second-order valence-electron chi connectivity index (χ2n) is 5.68. The van der Waals surface area contributed by atoms with Crippen LogP contribution in [0.3, 0.4) is 0 Å². The van der Waals surface area contributed by atoms with E-state index >= 15 is 0 Å². The highest BCUT2D eigenvalue weighted by Crippen LogP contribution is 2.63. The maximum atomic E-state index is 4.47. The van der Waals surface area contributed by atoms with Crippen LogP contribution in [0, 0.1) is 11.8 Å². The van der Waals surface area contributed by atoms with Gasteiger partial charge in [-0.2, -0.15) is 0 Å². The number of rotatable bonds is 6. The molecule has 0 bridgehead atoms. The number of hydrogen-bond donors (Lipinski definition) is 1. The lowest BCUT2D eigenvalue weighted by Crippen LogP contribution is -2.21. The van der Waals surface area contributed by atoms with Gasteiger partial charge in [0.1, 0.15) is 10.0 Å². The quantitative estimate of drug-likeness (QED) is 0.855. The zero-order chi connectivity index (χ0) is 12.5. The maximum absolute atomic E-state index is 4.47. The Morgan fingerprint density at radius 3 is 2.72 bits per heavy atom. The molecule has 2 saturated carbocycles. The van der Waals surface area contributed by atoms with Gasteiger partial charge in [-0.3, -0.25) is 0 Å². The van der Waals surface area contributed by atoms with Crippen molar-refractivity contribution in [3.05, 3.63) is 10.0 Å². The van der Waals surface area contributed by atoms with E-state index in [1.54, 1.807) is 0 Å². The minimum Gasteiger partial charge on any atom is -0.308 e. The van der Waals surface area contributed by atoms with Gasteiger partial charge in [0.05, 0.1) is 6.04 Å². The van der Waals surface area contributed by atoms with Crippen molar-refractivity contribution in [3.8, 4) is 0 Å². The Morgan fingerprint density at radius 1 is 1.28 bits per heavy atom. The van der Waals surface area contributed by atoms with E-state index in [1.165, 1.54) is 35.7 Å². The van der Waals surface area contributed by atoms with Crippen LogP contribution in [0.5, 0.6) is 0 Å². The second-order valence-corrected chi connectivity index (χ2v) is 6.72. The predicted octanol–water partition coefficient (Wildman–Crippen LogP) is 3.50. The van der Waals surface area contributed by atoms with Gasteiger partial charge in [0.25, 0.3) is 0 Å². The largest absolute Gasteiger partial charge is 0.308 e. The normalized spacial score (nSPS) is 31.3. The maximum Gasteiger partial charge on any atom is 0.134 e. The molecule has 4 heteroatoms. The molecule has 2 fully saturated rings. The van der Waals surface area contributed by atoms with Gasteiger partial charge in [-0.15, -0.1) is 10.2 Å². The average molecular weight is 265 g/mol. The smallest absolute Gasteiger partial charge is 0.134 e. The van der Waals surface area contributed by atoms with Gasteiger partial charge in [-0.05, 0) is 44.1 Å². The summed E-state index contributed by atoms with van der Waals surface area (Å²) < 4.78 is 0. The third-order valence-corrected chi connectivity index (χ3v) is 5.63. The van der Waals surface area contributed by atoms with E-state index in [1.807, 2.05) is 11.3 Å². The summed E-state index contributed by atoms with van der Waals surface area (Å²) in [4.78, 5) is 0. The third kappa shape index (κ3) is 2.21. The molecule has 3 unspecified atom stereocenters. The Balaban J connectivity index is 1.65. The first kappa shape index (κ1) is 12.5. The fraction of sp³-hybridized carbons (Fsp3) is 0.857. The van der Waals surface area contributed by atoms with Crippen LogP contribution in [0.25, 0.3) is 0 Å². The molecule has 3 nitrogen and oxygen atoms in total. The molecule has 0 aliphatic heterocycles. The summed E-state index contributed by atoms with van der Waals surface area (Å²) in [5.41, 5.74) is 0. The van der Waals surface area contributed by atoms with E-state index in [9.17, 15) is 0 Å². The number of fused-ring (bicyclic) bond motifs is 1. The lowest BCUT2D eigenvalue weighted by molar-refractivity contribution is 0.512. The van der Waals surface area contributed by atoms with Crippen LogP contribution in [-0.2, 0) is 0 Å². The van der Waals surface area contributed by atoms with Crippen molar-refractivity contribution in [2.75, 3.05) is 6.54 Å². The van der Waals surface area contributed by atoms with Crippen LogP contribution in [0.2, 0.25) is 0 Å². The molecule has 0 saturated heterocycles. The molecule has 0 radical (unpaired) electrons. The Bertz CT molecular complexity index is 393. The highest BCUT2D eigenvalue weighted by Gasteiger charge is 2.54. The Kier molecular flexibility index (Phi) is 3.66. The predicted molar refractivity (Wildman–Crippen MR) is 74.8 cm³/mol. The van der Waals surface area contributed by atoms with Crippen molar-refractivity contribution in [3.63, 3.8) is 0 Å². The van der Waals surface area contributed by atoms with Crippen molar-refractivity contribution in [2.24, 2.45) is 11.8 Å². The zero-order valence-electron chi connectivity index (χ0n) is 11.4. The summed E-state index contributed by atoms with van der Waals surface area (Å²) in [7, 11) is 0. The van der Waals surface area contributed by atoms with Gasteiger partial charge in [-0.1, -0.05) is 31.6 Å². The number of nitrogens with zero attached hydrogens (tertiary/aromatic N) is 2. The van der Waals surface area contributed by atoms with Crippen molar-refractivity contribution in [1.29, 1.82) is 0 Å². The van der Waals surface area contributed by atoms with Crippen LogP contribution >= 0.6 is 11.3 Å². The molecular formula is C14H23N3S. The first-order valence-corrected chi connectivity index (χ1v) is 8.23. The van der Waals surface area contributed by atoms with Crippen LogP contribution in [-0.4, -0.2) is 16.7 Å². The first-order chi connectivity index (χ1) is 8.85. The van der Waals surface area contributed by atoms with Crippen LogP contribution in [0.15, 0.2) is 0 Å². The van der Waals surface area contributed by atoms with Crippen molar-refractivity contribution < 1.29 is 0 Å². The van der Waals surface area contributed by atoms with Crippen molar-refractivity contribution in [2.45, 2.75) is 57.9 Å². The zero-order valence-corrected chi connectivity index (χ0v) is 12.2. The number of hydrogen-bond acceptors (Lipinski definition) is 4. The van der Waals surface area contributed by atoms with Crippen LogP contribution in [0.4, 0.5) is 0 Å². The SMILES string of the molecule is CCCNC(CC)c1nnc(C2C3CCCC32)s1. The third-order valence-electron chi connectivity index (χ3n) is 4.50. The molecule has 0 spiro atoms. The molecule has 1 N–H and O–H groups in total. The number of aromatic nitrogens is 2. The highest BCUT2D eigenvalue weighted by atomic mass is 32.1. The highest BCUT2D eigenvalue weighted by molar-refractivity contribution is 7.11. The van der Waals surface area contributed by atoms with E-state index < -0.39 is 0 Å².